The number of allylic oxidation sites excluding steroid dienone is 2. The summed E-state index contributed by atoms with van der Waals surface area (Å²) in [5.41, 5.74) is 5.44. The first-order chi connectivity index (χ1) is 15.2. The predicted octanol–water partition coefficient (Wildman–Crippen LogP) is 5.08. The lowest BCUT2D eigenvalue weighted by Crippen LogP contribution is -2.34. The third kappa shape index (κ3) is 3.23. The molecule has 1 atom stereocenters. The smallest absolute Gasteiger partial charge is 0.335 e. The zero-order chi connectivity index (χ0) is 22.6. The molecule has 2 N–H and O–H groups in total. The number of benzene rings is 2. The molecule has 2 aromatic carbocycles. The van der Waals surface area contributed by atoms with Crippen molar-refractivity contribution in [3.63, 3.8) is 0 Å². The number of carbonyl (C=O) groups is 2. The normalized spacial score (nSPS) is 19.2. The average molecular weight is 428 g/mol. The van der Waals surface area contributed by atoms with Gasteiger partial charge in [0.15, 0.2) is 5.78 Å². The molecule has 1 aliphatic heterocycles. The van der Waals surface area contributed by atoms with Crippen molar-refractivity contribution in [3.05, 3.63) is 88.3 Å². The second kappa shape index (κ2) is 7.19. The number of nitrogens with zero attached hydrogens (tertiary/aromatic N) is 2. The summed E-state index contributed by atoms with van der Waals surface area (Å²) in [7, 11) is 0. The van der Waals surface area contributed by atoms with Gasteiger partial charge in [-0.3, -0.25) is 4.79 Å². The average Bonchev–Trinajstić information content (AvgIpc) is 3.08. The summed E-state index contributed by atoms with van der Waals surface area (Å²) in [4.78, 5) is 24.7. The number of Topliss-reactive ketones (excluding diaryl/α,β-unsaturated/α-hetero) is 1. The van der Waals surface area contributed by atoms with Crippen molar-refractivity contribution < 1.29 is 14.7 Å². The maximum absolute atomic E-state index is 13.4. The maximum atomic E-state index is 13.4. The number of hydrogen-bond donors (Lipinski definition) is 2. The summed E-state index contributed by atoms with van der Waals surface area (Å²) < 4.78 is 1.90. The molecule has 5 rings (SSSR count). The predicted molar refractivity (Wildman–Crippen MR) is 122 cm³/mol. The second-order valence-electron chi connectivity index (χ2n) is 9.41. The molecule has 0 spiro atoms. The molecule has 1 aliphatic carbocycles. The van der Waals surface area contributed by atoms with Crippen LogP contribution in [0.2, 0.25) is 0 Å². The first-order valence-electron chi connectivity index (χ1n) is 10.8. The molecule has 1 aromatic heterocycles. The molecule has 0 bridgehead atoms. The highest BCUT2D eigenvalue weighted by Gasteiger charge is 2.42. The van der Waals surface area contributed by atoms with E-state index < -0.39 is 5.97 Å². The van der Waals surface area contributed by atoms with Crippen LogP contribution in [0.1, 0.15) is 59.8 Å². The number of aromatic carboxylic acids is 1. The van der Waals surface area contributed by atoms with E-state index in [4.69, 9.17) is 5.10 Å². The van der Waals surface area contributed by atoms with Crippen LogP contribution in [0.4, 0.5) is 5.82 Å². The summed E-state index contributed by atoms with van der Waals surface area (Å²) in [5.74, 6) is -0.255. The number of rotatable bonds is 3. The van der Waals surface area contributed by atoms with Crippen LogP contribution >= 0.6 is 0 Å². The van der Waals surface area contributed by atoms with Crippen LogP contribution in [0.15, 0.2) is 65.9 Å². The standard InChI is InChI=1S/C26H25N3O3/c1-15-21-22(16-9-11-17(12-10-16)25(31)32)23-19(13-26(2,3)14-20(23)30)27-24(21)29(28-15)18-7-5-4-6-8-18/h4-12,22,27H,13-14H2,1-3H3,(H,31,32)/t22-/m1/s1. The summed E-state index contributed by atoms with van der Waals surface area (Å²) in [6, 6.07) is 16.8. The molecule has 2 heterocycles. The van der Waals surface area contributed by atoms with Gasteiger partial charge in [-0.2, -0.15) is 5.10 Å². The number of ketones is 1. The lowest BCUT2D eigenvalue weighted by Gasteiger charge is -2.38. The Kier molecular flexibility index (Phi) is 4.55. The number of aryl methyl sites for hydroxylation is 1. The Hall–Kier alpha value is -3.67. The number of nitrogens with one attached hydrogen (secondary N) is 1. The summed E-state index contributed by atoms with van der Waals surface area (Å²) in [5, 5.41) is 17.7. The molecule has 6 heteroatoms. The quantitative estimate of drug-likeness (QED) is 0.609. The topological polar surface area (TPSA) is 84.2 Å². The minimum atomic E-state index is -0.967. The number of carboxylic acid groups (broad SMARTS) is 1. The van der Waals surface area contributed by atoms with Crippen molar-refractivity contribution in [2.75, 3.05) is 5.32 Å². The lowest BCUT2D eigenvalue weighted by molar-refractivity contribution is -0.118. The molecule has 6 nitrogen and oxygen atoms in total. The number of fused-ring (bicyclic) bond motifs is 1. The molecular formula is C26H25N3O3. The first-order valence-corrected chi connectivity index (χ1v) is 10.8. The molecule has 0 saturated heterocycles. The third-order valence-corrected chi connectivity index (χ3v) is 6.37. The van der Waals surface area contributed by atoms with E-state index in [2.05, 4.69) is 19.2 Å². The second-order valence-corrected chi connectivity index (χ2v) is 9.41. The van der Waals surface area contributed by atoms with Crippen molar-refractivity contribution in [2.45, 2.75) is 39.5 Å². The molecule has 162 valence electrons. The fourth-order valence-electron chi connectivity index (χ4n) is 4.98. The highest BCUT2D eigenvalue weighted by Crippen LogP contribution is 2.50. The van der Waals surface area contributed by atoms with E-state index in [-0.39, 0.29) is 22.7 Å². The van der Waals surface area contributed by atoms with Crippen molar-refractivity contribution in [1.29, 1.82) is 0 Å². The number of hydrogen-bond acceptors (Lipinski definition) is 4. The Morgan fingerprint density at radius 3 is 2.44 bits per heavy atom. The molecule has 32 heavy (non-hydrogen) atoms. The van der Waals surface area contributed by atoms with Gasteiger partial charge >= 0.3 is 5.97 Å². The minimum absolute atomic E-state index is 0.133. The maximum Gasteiger partial charge on any atom is 0.335 e. The van der Waals surface area contributed by atoms with Gasteiger partial charge in [-0.15, -0.1) is 0 Å². The van der Waals surface area contributed by atoms with Gasteiger partial charge in [0.2, 0.25) is 0 Å². The largest absolute Gasteiger partial charge is 0.478 e. The molecule has 0 saturated carbocycles. The van der Waals surface area contributed by atoms with Gasteiger partial charge in [-0.1, -0.05) is 44.2 Å². The Morgan fingerprint density at radius 1 is 1.09 bits per heavy atom. The number of carboxylic acids is 1. The van der Waals surface area contributed by atoms with Crippen molar-refractivity contribution >= 4 is 17.6 Å². The molecular weight excluding hydrogens is 402 g/mol. The van der Waals surface area contributed by atoms with Crippen LogP contribution in [0.3, 0.4) is 0 Å². The van der Waals surface area contributed by atoms with E-state index in [1.165, 1.54) is 0 Å². The van der Waals surface area contributed by atoms with Crippen LogP contribution < -0.4 is 5.32 Å². The summed E-state index contributed by atoms with van der Waals surface area (Å²) >= 11 is 0. The van der Waals surface area contributed by atoms with E-state index >= 15 is 0 Å². The molecule has 0 fully saturated rings. The van der Waals surface area contributed by atoms with E-state index in [9.17, 15) is 14.7 Å². The molecule has 2 aliphatic rings. The number of carbonyl (C=O) groups excluding carboxylic acids is 1. The third-order valence-electron chi connectivity index (χ3n) is 6.37. The number of aromatic nitrogens is 2. The van der Waals surface area contributed by atoms with Crippen LogP contribution in [0.5, 0.6) is 0 Å². The zero-order valence-electron chi connectivity index (χ0n) is 18.3. The molecule has 0 radical (unpaired) electrons. The lowest BCUT2D eigenvalue weighted by atomic mass is 9.69. The Morgan fingerprint density at radius 2 is 1.78 bits per heavy atom. The van der Waals surface area contributed by atoms with Gasteiger partial charge in [0, 0.05) is 29.2 Å². The highest BCUT2D eigenvalue weighted by atomic mass is 16.4. The van der Waals surface area contributed by atoms with E-state index in [0.29, 0.717) is 6.42 Å². The molecule has 0 amide bonds. The summed E-state index contributed by atoms with van der Waals surface area (Å²) in [6.45, 7) is 6.19. The van der Waals surface area contributed by atoms with Gasteiger partial charge < -0.3 is 10.4 Å². The fraction of sp³-hybridized carbons (Fsp3) is 0.269. The molecule has 3 aromatic rings. The first kappa shape index (κ1) is 20.2. The van der Waals surface area contributed by atoms with E-state index in [1.807, 2.05) is 54.1 Å². The Balaban J connectivity index is 1.73. The Bertz CT molecular complexity index is 1270. The van der Waals surface area contributed by atoms with Crippen molar-refractivity contribution in [1.82, 2.24) is 9.78 Å². The van der Waals surface area contributed by atoms with Crippen LogP contribution in [0.25, 0.3) is 5.69 Å². The van der Waals surface area contributed by atoms with Gasteiger partial charge in [-0.05, 0) is 48.6 Å². The van der Waals surface area contributed by atoms with Gasteiger partial charge in [0.1, 0.15) is 5.82 Å². The van der Waals surface area contributed by atoms with Crippen LogP contribution in [-0.4, -0.2) is 26.6 Å². The zero-order valence-corrected chi connectivity index (χ0v) is 18.3. The SMILES string of the molecule is Cc1nn(-c2ccccc2)c2c1[C@@H](c1ccc(C(=O)O)cc1)C1=C(CC(C)(C)CC1=O)N2. The summed E-state index contributed by atoms with van der Waals surface area (Å²) in [6.07, 6.45) is 1.24. The highest BCUT2D eigenvalue weighted by molar-refractivity contribution is 6.01. The fourth-order valence-corrected chi connectivity index (χ4v) is 4.98. The molecule has 0 unspecified atom stereocenters. The van der Waals surface area contributed by atoms with Gasteiger partial charge in [0.25, 0.3) is 0 Å². The van der Waals surface area contributed by atoms with Gasteiger partial charge in [-0.25, -0.2) is 9.48 Å². The van der Waals surface area contributed by atoms with Crippen LogP contribution in [0, 0.1) is 12.3 Å². The van der Waals surface area contributed by atoms with Crippen molar-refractivity contribution in [2.24, 2.45) is 5.41 Å². The number of para-hydroxylation sites is 1. The van der Waals surface area contributed by atoms with Crippen LogP contribution in [-0.2, 0) is 4.79 Å². The van der Waals surface area contributed by atoms with Gasteiger partial charge in [0.05, 0.1) is 16.9 Å². The number of anilines is 1. The monoisotopic (exact) mass is 427 g/mol. The van der Waals surface area contributed by atoms with E-state index in [0.717, 1.165) is 46.0 Å². The van der Waals surface area contributed by atoms with E-state index in [1.54, 1.807) is 12.1 Å². The van der Waals surface area contributed by atoms with Crippen molar-refractivity contribution in [3.8, 4) is 5.69 Å². The minimum Gasteiger partial charge on any atom is -0.478 e. The Labute approximate surface area is 186 Å².